The minimum Gasteiger partial charge on any atom is -0.452 e. The first-order chi connectivity index (χ1) is 8.58. The smallest absolute Gasteiger partial charge is 0.258 e. The molecule has 0 aliphatic rings. The van der Waals surface area contributed by atoms with E-state index in [-0.39, 0.29) is 11.1 Å². The van der Waals surface area contributed by atoms with Crippen LogP contribution in [0, 0.1) is 6.92 Å². The molecule has 2 aromatic rings. The first-order valence-electron chi connectivity index (χ1n) is 5.62. The summed E-state index contributed by atoms with van der Waals surface area (Å²) >= 11 is 5.79. The molecular weight excluding hydrogens is 250 g/mol. The largest absolute Gasteiger partial charge is 0.452 e. The summed E-state index contributed by atoms with van der Waals surface area (Å²) in [6.07, 6.45) is 1.41. The Morgan fingerprint density at radius 1 is 1.39 bits per heavy atom. The lowest BCUT2D eigenvalue weighted by atomic mass is 10.1. The SMILES string of the molecule is Cc1cccc(CN(C)C(=O)c2ccoc2Cl)c1. The lowest BCUT2D eigenvalue weighted by Crippen LogP contribution is -2.26. The number of halogens is 1. The summed E-state index contributed by atoms with van der Waals surface area (Å²) < 4.78 is 4.92. The minimum atomic E-state index is -0.143. The van der Waals surface area contributed by atoms with Gasteiger partial charge in [-0.15, -0.1) is 0 Å². The monoisotopic (exact) mass is 263 g/mol. The zero-order valence-electron chi connectivity index (χ0n) is 10.3. The predicted molar refractivity (Wildman–Crippen MR) is 70.7 cm³/mol. The van der Waals surface area contributed by atoms with Gasteiger partial charge >= 0.3 is 0 Å². The predicted octanol–water partition coefficient (Wildman–Crippen LogP) is 3.51. The van der Waals surface area contributed by atoms with Gasteiger partial charge in [0.1, 0.15) is 0 Å². The molecule has 0 aliphatic carbocycles. The highest BCUT2D eigenvalue weighted by Crippen LogP contribution is 2.19. The molecule has 0 atom stereocenters. The Kier molecular flexibility index (Phi) is 3.72. The number of amides is 1. The Bertz CT molecular complexity index is 562. The van der Waals surface area contributed by atoms with Gasteiger partial charge in [-0.3, -0.25) is 4.79 Å². The number of carbonyl (C=O) groups excluding carboxylic acids is 1. The molecular formula is C14H14ClNO2. The van der Waals surface area contributed by atoms with Gasteiger partial charge < -0.3 is 9.32 Å². The molecule has 0 bridgehead atoms. The molecule has 0 unspecified atom stereocenters. The molecule has 0 fully saturated rings. The van der Waals surface area contributed by atoms with E-state index in [0.717, 1.165) is 5.56 Å². The summed E-state index contributed by atoms with van der Waals surface area (Å²) in [6, 6.07) is 9.64. The lowest BCUT2D eigenvalue weighted by molar-refractivity contribution is 0.0784. The Hall–Kier alpha value is -1.74. The lowest BCUT2D eigenvalue weighted by Gasteiger charge is -2.16. The summed E-state index contributed by atoms with van der Waals surface area (Å²) in [4.78, 5) is 13.7. The van der Waals surface area contributed by atoms with Gasteiger partial charge in [0.2, 0.25) is 5.22 Å². The Morgan fingerprint density at radius 3 is 2.78 bits per heavy atom. The van der Waals surface area contributed by atoms with Gasteiger partial charge in [-0.1, -0.05) is 29.8 Å². The van der Waals surface area contributed by atoms with Gasteiger partial charge in [-0.2, -0.15) is 0 Å². The second-order valence-corrected chi connectivity index (χ2v) is 4.60. The fourth-order valence-electron chi connectivity index (χ4n) is 1.81. The van der Waals surface area contributed by atoms with Gasteiger partial charge in [0.25, 0.3) is 5.91 Å². The van der Waals surface area contributed by atoms with Crippen LogP contribution in [-0.2, 0) is 6.54 Å². The van der Waals surface area contributed by atoms with Crippen molar-refractivity contribution in [1.82, 2.24) is 4.90 Å². The van der Waals surface area contributed by atoms with Crippen LogP contribution in [0.25, 0.3) is 0 Å². The van der Waals surface area contributed by atoms with Crippen LogP contribution in [0.1, 0.15) is 21.5 Å². The molecule has 94 valence electrons. The maximum absolute atomic E-state index is 12.1. The van der Waals surface area contributed by atoms with E-state index in [0.29, 0.717) is 12.1 Å². The maximum atomic E-state index is 12.1. The second kappa shape index (κ2) is 5.27. The van der Waals surface area contributed by atoms with E-state index < -0.39 is 0 Å². The topological polar surface area (TPSA) is 33.5 Å². The van der Waals surface area contributed by atoms with E-state index in [4.69, 9.17) is 16.0 Å². The van der Waals surface area contributed by atoms with E-state index in [2.05, 4.69) is 6.07 Å². The van der Waals surface area contributed by atoms with Crippen LogP contribution >= 0.6 is 11.6 Å². The number of furan rings is 1. The molecule has 4 heteroatoms. The minimum absolute atomic E-state index is 0.135. The van der Waals surface area contributed by atoms with Crippen LogP contribution in [0.5, 0.6) is 0 Å². The Balaban J connectivity index is 2.11. The molecule has 1 aromatic carbocycles. The third-order valence-electron chi connectivity index (χ3n) is 2.70. The molecule has 0 aliphatic heterocycles. The average Bonchev–Trinajstić information content (AvgIpc) is 2.74. The fourth-order valence-corrected chi connectivity index (χ4v) is 2.00. The average molecular weight is 264 g/mol. The van der Waals surface area contributed by atoms with Crippen LogP contribution in [0.4, 0.5) is 0 Å². The van der Waals surface area contributed by atoms with Crippen LogP contribution in [-0.4, -0.2) is 17.9 Å². The highest BCUT2D eigenvalue weighted by Gasteiger charge is 2.17. The molecule has 1 amide bonds. The summed E-state index contributed by atoms with van der Waals surface area (Å²) in [5, 5.41) is 0.135. The van der Waals surface area contributed by atoms with Crippen molar-refractivity contribution in [3.63, 3.8) is 0 Å². The number of hydrogen-bond acceptors (Lipinski definition) is 2. The van der Waals surface area contributed by atoms with Gasteiger partial charge in [-0.05, 0) is 30.2 Å². The van der Waals surface area contributed by atoms with Gasteiger partial charge in [0, 0.05) is 13.6 Å². The molecule has 0 saturated heterocycles. The first kappa shape index (κ1) is 12.7. The van der Waals surface area contributed by atoms with Crippen LogP contribution in [0.15, 0.2) is 41.0 Å². The molecule has 3 nitrogen and oxygen atoms in total. The summed E-state index contributed by atoms with van der Waals surface area (Å²) in [5.74, 6) is -0.143. The first-order valence-corrected chi connectivity index (χ1v) is 5.99. The molecule has 1 aromatic heterocycles. The zero-order valence-corrected chi connectivity index (χ0v) is 11.1. The summed E-state index contributed by atoms with van der Waals surface area (Å²) in [7, 11) is 1.74. The third-order valence-corrected chi connectivity index (χ3v) is 2.99. The molecule has 18 heavy (non-hydrogen) atoms. The van der Waals surface area contributed by atoms with Gasteiger partial charge in [0.15, 0.2) is 0 Å². The highest BCUT2D eigenvalue weighted by atomic mass is 35.5. The van der Waals surface area contributed by atoms with E-state index in [9.17, 15) is 4.79 Å². The van der Waals surface area contributed by atoms with Crippen molar-refractivity contribution in [3.05, 3.63) is 58.5 Å². The Morgan fingerprint density at radius 2 is 2.17 bits per heavy atom. The number of nitrogens with zero attached hydrogens (tertiary/aromatic N) is 1. The van der Waals surface area contributed by atoms with E-state index >= 15 is 0 Å². The number of rotatable bonds is 3. The van der Waals surface area contributed by atoms with E-state index in [1.807, 2.05) is 25.1 Å². The van der Waals surface area contributed by atoms with Crippen molar-refractivity contribution in [1.29, 1.82) is 0 Å². The molecule has 2 rings (SSSR count). The zero-order chi connectivity index (χ0) is 13.1. The van der Waals surface area contributed by atoms with Crippen molar-refractivity contribution in [2.75, 3.05) is 7.05 Å². The molecule has 1 heterocycles. The van der Waals surface area contributed by atoms with Gasteiger partial charge in [0.05, 0.1) is 11.8 Å². The standard InChI is InChI=1S/C14H14ClNO2/c1-10-4-3-5-11(8-10)9-16(2)14(17)12-6-7-18-13(12)15/h3-8H,9H2,1-2H3. The van der Waals surface area contributed by atoms with Crippen LogP contribution in [0.3, 0.4) is 0 Å². The van der Waals surface area contributed by atoms with Crippen LogP contribution < -0.4 is 0 Å². The van der Waals surface area contributed by atoms with Crippen molar-refractivity contribution >= 4 is 17.5 Å². The van der Waals surface area contributed by atoms with Crippen LogP contribution in [0.2, 0.25) is 5.22 Å². The molecule has 0 saturated carbocycles. The van der Waals surface area contributed by atoms with Crippen molar-refractivity contribution < 1.29 is 9.21 Å². The molecule has 0 spiro atoms. The van der Waals surface area contributed by atoms with Crippen molar-refractivity contribution in [3.8, 4) is 0 Å². The quantitative estimate of drug-likeness (QED) is 0.849. The van der Waals surface area contributed by atoms with Crippen molar-refractivity contribution in [2.45, 2.75) is 13.5 Å². The molecule has 0 N–H and O–H groups in total. The van der Waals surface area contributed by atoms with Gasteiger partial charge in [-0.25, -0.2) is 0 Å². The second-order valence-electron chi connectivity index (χ2n) is 4.26. The normalized spacial score (nSPS) is 10.4. The summed E-state index contributed by atoms with van der Waals surface area (Å²) in [6.45, 7) is 2.57. The van der Waals surface area contributed by atoms with E-state index in [1.165, 1.54) is 11.8 Å². The highest BCUT2D eigenvalue weighted by molar-refractivity contribution is 6.32. The number of hydrogen-bond donors (Lipinski definition) is 0. The van der Waals surface area contributed by atoms with Crippen molar-refractivity contribution in [2.24, 2.45) is 0 Å². The summed E-state index contributed by atoms with van der Waals surface area (Å²) in [5.41, 5.74) is 2.66. The van der Waals surface area contributed by atoms with E-state index in [1.54, 1.807) is 18.0 Å². The maximum Gasteiger partial charge on any atom is 0.258 e. The number of benzene rings is 1. The number of aryl methyl sites for hydroxylation is 1. The Labute approximate surface area is 111 Å². The fraction of sp³-hybridized carbons (Fsp3) is 0.214. The number of carbonyl (C=O) groups is 1. The molecule has 0 radical (unpaired) electrons. The third kappa shape index (κ3) is 2.74.